The van der Waals surface area contributed by atoms with Crippen LogP contribution in [0.25, 0.3) is 10.9 Å². The van der Waals surface area contributed by atoms with Crippen LogP contribution >= 0.6 is 34.5 Å². The molecule has 0 aliphatic carbocycles. The van der Waals surface area contributed by atoms with E-state index in [4.69, 9.17) is 27.9 Å². The molecule has 0 unspecified atom stereocenters. The maximum absolute atomic E-state index is 11.9. The average Bonchev–Trinajstić information content (AvgIpc) is 3.04. The summed E-state index contributed by atoms with van der Waals surface area (Å²) < 4.78 is 5.48. The van der Waals surface area contributed by atoms with E-state index in [1.807, 2.05) is 17.5 Å². The molecule has 1 aromatic carbocycles. The molecule has 0 spiro atoms. The molecule has 8 heteroatoms. The third-order valence-corrected chi connectivity index (χ3v) is 4.38. The summed E-state index contributed by atoms with van der Waals surface area (Å²) in [4.78, 5) is 21.1. The van der Waals surface area contributed by atoms with Crippen molar-refractivity contribution in [1.29, 1.82) is 0 Å². The number of benzene rings is 1. The number of hydrogen-bond acceptors (Lipinski definition) is 5. The number of amides is 1. The van der Waals surface area contributed by atoms with Crippen molar-refractivity contribution in [2.24, 2.45) is 0 Å². The van der Waals surface area contributed by atoms with Gasteiger partial charge in [0.05, 0.1) is 22.5 Å². The zero-order chi connectivity index (χ0) is 16.2. The lowest BCUT2D eigenvalue weighted by atomic mass is 10.2. The molecule has 0 radical (unpaired) electrons. The first-order valence-electron chi connectivity index (χ1n) is 6.65. The van der Waals surface area contributed by atoms with Crippen LogP contribution in [0.2, 0.25) is 10.0 Å². The van der Waals surface area contributed by atoms with Crippen LogP contribution in [0.3, 0.4) is 0 Å². The normalized spacial score (nSPS) is 10.7. The third kappa shape index (κ3) is 3.90. The first kappa shape index (κ1) is 16.0. The topological polar surface area (TPSA) is 64.1 Å². The number of nitrogens with zero attached hydrogens (tertiary/aromatic N) is 2. The molecule has 0 fully saturated rings. The second kappa shape index (κ2) is 7.12. The van der Waals surface area contributed by atoms with E-state index in [9.17, 15) is 4.79 Å². The molecule has 2 heterocycles. The SMILES string of the molecule is O=C(COc1ncnc2c(Cl)cc(Cl)cc12)NCc1cccs1. The zero-order valence-corrected chi connectivity index (χ0v) is 14.1. The van der Waals surface area contributed by atoms with Crippen LogP contribution in [0.1, 0.15) is 4.88 Å². The van der Waals surface area contributed by atoms with Gasteiger partial charge < -0.3 is 10.1 Å². The minimum atomic E-state index is -0.238. The van der Waals surface area contributed by atoms with Crippen molar-refractivity contribution in [2.75, 3.05) is 6.61 Å². The zero-order valence-electron chi connectivity index (χ0n) is 11.8. The van der Waals surface area contributed by atoms with Crippen LogP contribution < -0.4 is 10.1 Å². The van der Waals surface area contributed by atoms with Gasteiger partial charge in [-0.15, -0.1) is 11.3 Å². The van der Waals surface area contributed by atoms with Gasteiger partial charge in [0.25, 0.3) is 5.91 Å². The number of hydrogen-bond donors (Lipinski definition) is 1. The molecule has 0 bridgehead atoms. The fraction of sp³-hybridized carbons (Fsp3) is 0.133. The standard InChI is InChI=1S/C15H11Cl2N3O2S/c16-9-4-11-14(12(17)5-9)19-8-20-15(11)22-7-13(21)18-6-10-2-1-3-23-10/h1-5,8H,6-7H2,(H,18,21). The van der Waals surface area contributed by atoms with Gasteiger partial charge in [-0.2, -0.15) is 0 Å². The number of nitrogens with one attached hydrogen (secondary N) is 1. The maximum Gasteiger partial charge on any atom is 0.258 e. The van der Waals surface area contributed by atoms with Crippen molar-refractivity contribution in [2.45, 2.75) is 6.54 Å². The molecule has 2 aromatic heterocycles. The van der Waals surface area contributed by atoms with E-state index in [2.05, 4.69) is 15.3 Å². The number of carbonyl (C=O) groups is 1. The van der Waals surface area contributed by atoms with Crippen molar-refractivity contribution in [3.05, 3.63) is 50.9 Å². The van der Waals surface area contributed by atoms with Gasteiger partial charge in [-0.05, 0) is 23.6 Å². The van der Waals surface area contributed by atoms with Crippen LogP contribution in [0.15, 0.2) is 36.0 Å². The molecule has 0 saturated carbocycles. The molecule has 0 saturated heterocycles. The van der Waals surface area contributed by atoms with Crippen LogP contribution in [0.4, 0.5) is 0 Å². The van der Waals surface area contributed by atoms with E-state index in [-0.39, 0.29) is 18.4 Å². The van der Waals surface area contributed by atoms with Gasteiger partial charge in [0.2, 0.25) is 5.88 Å². The van der Waals surface area contributed by atoms with E-state index in [0.29, 0.717) is 27.5 Å². The van der Waals surface area contributed by atoms with E-state index in [1.165, 1.54) is 6.33 Å². The average molecular weight is 368 g/mol. The molecule has 1 amide bonds. The highest BCUT2D eigenvalue weighted by atomic mass is 35.5. The summed E-state index contributed by atoms with van der Waals surface area (Å²) in [6.45, 7) is 0.323. The Kier molecular flexibility index (Phi) is 4.95. The van der Waals surface area contributed by atoms with Gasteiger partial charge in [-0.3, -0.25) is 4.79 Å². The first-order chi connectivity index (χ1) is 11.1. The summed E-state index contributed by atoms with van der Waals surface area (Å²) in [7, 11) is 0. The Hall–Kier alpha value is -1.89. The Morgan fingerprint density at radius 2 is 2.17 bits per heavy atom. The Bertz CT molecular complexity index is 840. The van der Waals surface area contributed by atoms with Crippen LogP contribution in [-0.2, 0) is 11.3 Å². The lowest BCUT2D eigenvalue weighted by Gasteiger charge is -2.09. The van der Waals surface area contributed by atoms with Gasteiger partial charge >= 0.3 is 0 Å². The molecule has 0 aliphatic rings. The maximum atomic E-state index is 11.9. The van der Waals surface area contributed by atoms with Crippen LogP contribution in [0.5, 0.6) is 5.88 Å². The molecule has 0 aliphatic heterocycles. The van der Waals surface area contributed by atoms with Gasteiger partial charge in [0.1, 0.15) is 6.33 Å². The highest BCUT2D eigenvalue weighted by Gasteiger charge is 2.11. The Balaban J connectivity index is 1.68. The molecular weight excluding hydrogens is 357 g/mol. The lowest BCUT2D eigenvalue weighted by molar-refractivity contribution is -0.123. The number of ether oxygens (including phenoxy) is 1. The van der Waals surface area contributed by atoms with E-state index in [1.54, 1.807) is 23.5 Å². The first-order valence-corrected chi connectivity index (χ1v) is 8.28. The minimum absolute atomic E-state index is 0.151. The number of fused-ring (bicyclic) bond motifs is 1. The lowest BCUT2D eigenvalue weighted by Crippen LogP contribution is -2.28. The van der Waals surface area contributed by atoms with Crippen molar-refractivity contribution in [3.8, 4) is 5.88 Å². The van der Waals surface area contributed by atoms with Crippen molar-refractivity contribution in [1.82, 2.24) is 15.3 Å². The van der Waals surface area contributed by atoms with Gasteiger partial charge in [-0.1, -0.05) is 29.3 Å². The van der Waals surface area contributed by atoms with Gasteiger partial charge in [0, 0.05) is 9.90 Å². The fourth-order valence-electron chi connectivity index (χ4n) is 1.97. The molecule has 23 heavy (non-hydrogen) atoms. The number of aromatic nitrogens is 2. The Morgan fingerprint density at radius 3 is 2.96 bits per heavy atom. The van der Waals surface area contributed by atoms with Crippen molar-refractivity contribution < 1.29 is 9.53 Å². The largest absolute Gasteiger partial charge is 0.467 e. The van der Waals surface area contributed by atoms with Crippen molar-refractivity contribution >= 4 is 51.3 Å². The molecule has 5 nitrogen and oxygen atoms in total. The number of thiophene rings is 1. The third-order valence-electron chi connectivity index (χ3n) is 3.00. The molecule has 0 atom stereocenters. The predicted molar refractivity (Wildman–Crippen MR) is 91.2 cm³/mol. The predicted octanol–water partition coefficient (Wildman–Crippen LogP) is 3.69. The quantitative estimate of drug-likeness (QED) is 0.746. The number of halogens is 2. The molecule has 3 aromatic rings. The van der Waals surface area contributed by atoms with Crippen LogP contribution in [-0.4, -0.2) is 22.5 Å². The highest BCUT2D eigenvalue weighted by Crippen LogP contribution is 2.30. The second-order valence-corrected chi connectivity index (χ2v) is 6.48. The Morgan fingerprint density at radius 1 is 1.30 bits per heavy atom. The summed E-state index contributed by atoms with van der Waals surface area (Å²) in [6.07, 6.45) is 1.33. The molecular formula is C15H11Cl2N3O2S. The molecule has 3 rings (SSSR count). The van der Waals surface area contributed by atoms with Crippen molar-refractivity contribution in [3.63, 3.8) is 0 Å². The minimum Gasteiger partial charge on any atom is -0.467 e. The summed E-state index contributed by atoms with van der Waals surface area (Å²) in [6, 6.07) is 7.13. The van der Waals surface area contributed by atoms with Gasteiger partial charge in [-0.25, -0.2) is 9.97 Å². The number of carbonyl (C=O) groups excluding carboxylic acids is 1. The van der Waals surface area contributed by atoms with Crippen LogP contribution in [0, 0.1) is 0 Å². The summed E-state index contributed by atoms with van der Waals surface area (Å²) in [5, 5.41) is 6.15. The molecule has 118 valence electrons. The Labute approximate surface area is 146 Å². The monoisotopic (exact) mass is 367 g/mol. The van der Waals surface area contributed by atoms with E-state index >= 15 is 0 Å². The molecule has 1 N–H and O–H groups in total. The summed E-state index contributed by atoms with van der Waals surface area (Å²) in [5.74, 6) is 0.0314. The fourth-order valence-corrected chi connectivity index (χ4v) is 3.15. The summed E-state index contributed by atoms with van der Waals surface area (Å²) in [5.41, 5.74) is 0.528. The summed E-state index contributed by atoms with van der Waals surface area (Å²) >= 11 is 13.7. The highest BCUT2D eigenvalue weighted by molar-refractivity contribution is 7.09. The number of rotatable bonds is 5. The smallest absolute Gasteiger partial charge is 0.258 e. The van der Waals surface area contributed by atoms with Gasteiger partial charge in [0.15, 0.2) is 6.61 Å². The van der Waals surface area contributed by atoms with E-state index < -0.39 is 0 Å². The second-order valence-electron chi connectivity index (χ2n) is 4.61. The van der Waals surface area contributed by atoms with E-state index in [0.717, 1.165) is 4.88 Å².